The van der Waals surface area contributed by atoms with Gasteiger partial charge in [0, 0.05) is 43.9 Å². The number of methoxy groups -OCH3 is 1. The van der Waals surface area contributed by atoms with E-state index in [1.807, 2.05) is 29.2 Å². The highest BCUT2D eigenvalue weighted by atomic mass is 16.5. The normalized spacial score (nSPS) is 15.1. The van der Waals surface area contributed by atoms with Crippen molar-refractivity contribution in [2.24, 2.45) is 0 Å². The Morgan fingerprint density at radius 3 is 2.82 bits per heavy atom. The molecule has 1 amide bonds. The van der Waals surface area contributed by atoms with Crippen molar-refractivity contribution in [1.82, 2.24) is 10.2 Å². The molecule has 22 heavy (non-hydrogen) atoms. The van der Waals surface area contributed by atoms with Crippen LogP contribution in [0.5, 0.6) is 11.5 Å². The van der Waals surface area contributed by atoms with Gasteiger partial charge in [0.05, 0.1) is 13.7 Å². The fourth-order valence-electron chi connectivity index (χ4n) is 2.27. The summed E-state index contributed by atoms with van der Waals surface area (Å²) in [4.78, 5) is 14.0. The van der Waals surface area contributed by atoms with E-state index in [0.29, 0.717) is 6.61 Å². The first-order valence-corrected chi connectivity index (χ1v) is 7.73. The summed E-state index contributed by atoms with van der Waals surface area (Å²) in [7, 11) is 1.63. The van der Waals surface area contributed by atoms with Gasteiger partial charge in [0.25, 0.3) is 0 Å². The zero-order valence-electron chi connectivity index (χ0n) is 13.3. The van der Waals surface area contributed by atoms with Crippen LogP contribution in [0.3, 0.4) is 0 Å². The lowest BCUT2D eigenvalue weighted by Crippen LogP contribution is -2.45. The summed E-state index contributed by atoms with van der Waals surface area (Å²) in [5.41, 5.74) is 0.887. The molecule has 1 aliphatic rings. The number of nitrogens with one attached hydrogen (secondary N) is 1. The number of carbonyl (C=O) groups excluding carboxylic acids is 1. The number of hydrogen-bond donors (Lipinski definition) is 1. The Labute approximate surface area is 131 Å². The van der Waals surface area contributed by atoms with Gasteiger partial charge in [-0.2, -0.15) is 0 Å². The maximum atomic E-state index is 12.2. The molecule has 5 heteroatoms. The summed E-state index contributed by atoms with van der Waals surface area (Å²) in [6.45, 7) is 5.92. The highest BCUT2D eigenvalue weighted by Gasteiger charge is 2.13. The second kappa shape index (κ2) is 8.44. The predicted molar refractivity (Wildman–Crippen MR) is 87.3 cm³/mol. The topological polar surface area (TPSA) is 50.8 Å². The lowest BCUT2D eigenvalue weighted by molar-refractivity contribution is -0.126. The van der Waals surface area contributed by atoms with Gasteiger partial charge in [-0.1, -0.05) is 6.92 Å². The van der Waals surface area contributed by atoms with Crippen molar-refractivity contribution in [2.45, 2.75) is 13.3 Å². The molecule has 0 saturated carbocycles. The second-order valence-corrected chi connectivity index (χ2v) is 5.16. The van der Waals surface area contributed by atoms with E-state index in [9.17, 15) is 4.79 Å². The summed E-state index contributed by atoms with van der Waals surface area (Å²) in [5, 5.41) is 3.24. The quantitative estimate of drug-likeness (QED) is 0.816. The smallest absolute Gasteiger partial charge is 0.246 e. The molecule has 0 unspecified atom stereocenters. The van der Waals surface area contributed by atoms with E-state index in [1.54, 1.807) is 13.2 Å². The van der Waals surface area contributed by atoms with Crippen LogP contribution in [0.25, 0.3) is 6.08 Å². The summed E-state index contributed by atoms with van der Waals surface area (Å²) in [6, 6.07) is 5.63. The summed E-state index contributed by atoms with van der Waals surface area (Å²) >= 11 is 0. The maximum Gasteiger partial charge on any atom is 0.246 e. The van der Waals surface area contributed by atoms with E-state index in [2.05, 4.69) is 12.2 Å². The van der Waals surface area contributed by atoms with Crippen LogP contribution >= 0.6 is 0 Å². The van der Waals surface area contributed by atoms with Crippen LogP contribution in [-0.2, 0) is 4.79 Å². The fourth-order valence-corrected chi connectivity index (χ4v) is 2.27. The number of benzene rings is 1. The Hall–Kier alpha value is -2.01. The molecule has 0 spiro atoms. The van der Waals surface area contributed by atoms with Gasteiger partial charge in [-0.15, -0.1) is 0 Å². The lowest BCUT2D eigenvalue weighted by Gasteiger charge is -2.26. The van der Waals surface area contributed by atoms with E-state index < -0.39 is 0 Å². The van der Waals surface area contributed by atoms with Crippen molar-refractivity contribution in [2.75, 3.05) is 39.9 Å². The Bertz CT molecular complexity index is 523. The molecule has 1 aromatic rings. The van der Waals surface area contributed by atoms with Crippen molar-refractivity contribution in [1.29, 1.82) is 0 Å². The van der Waals surface area contributed by atoms with Crippen LogP contribution in [0.4, 0.5) is 0 Å². The number of hydrogen-bond acceptors (Lipinski definition) is 4. The standard InChI is InChI=1S/C17H24N2O3/c1-3-12-22-16-13-15(21-2)6-4-14(16)5-7-17(20)19-10-8-18-9-11-19/h4-7,13,18H,3,8-12H2,1-2H3/b7-5+. The summed E-state index contributed by atoms with van der Waals surface area (Å²) in [5.74, 6) is 1.53. The van der Waals surface area contributed by atoms with Gasteiger partial charge < -0.3 is 19.7 Å². The zero-order valence-corrected chi connectivity index (χ0v) is 13.3. The Kier molecular flexibility index (Phi) is 6.27. The van der Waals surface area contributed by atoms with Gasteiger partial charge in [0.1, 0.15) is 11.5 Å². The molecule has 2 rings (SSSR count). The van der Waals surface area contributed by atoms with Crippen molar-refractivity contribution in [3.8, 4) is 11.5 Å². The lowest BCUT2D eigenvalue weighted by atomic mass is 10.1. The highest BCUT2D eigenvalue weighted by molar-refractivity contribution is 5.92. The molecule has 0 radical (unpaired) electrons. The van der Waals surface area contributed by atoms with Gasteiger partial charge in [0.15, 0.2) is 0 Å². The maximum absolute atomic E-state index is 12.2. The molecule has 1 fully saturated rings. The van der Waals surface area contributed by atoms with E-state index in [4.69, 9.17) is 9.47 Å². The number of amides is 1. The molecule has 0 aliphatic carbocycles. The minimum absolute atomic E-state index is 0.0405. The highest BCUT2D eigenvalue weighted by Crippen LogP contribution is 2.26. The minimum Gasteiger partial charge on any atom is -0.497 e. The molecule has 1 heterocycles. The minimum atomic E-state index is 0.0405. The van der Waals surface area contributed by atoms with Crippen LogP contribution < -0.4 is 14.8 Å². The molecule has 1 aromatic carbocycles. The molecule has 0 bridgehead atoms. The number of ether oxygens (including phenoxy) is 2. The van der Waals surface area contributed by atoms with Gasteiger partial charge >= 0.3 is 0 Å². The van der Waals surface area contributed by atoms with E-state index in [0.717, 1.165) is 49.7 Å². The van der Waals surface area contributed by atoms with Gasteiger partial charge in [0.2, 0.25) is 5.91 Å². The molecule has 0 aromatic heterocycles. The average molecular weight is 304 g/mol. The second-order valence-electron chi connectivity index (χ2n) is 5.16. The van der Waals surface area contributed by atoms with Crippen molar-refractivity contribution in [3.05, 3.63) is 29.8 Å². The van der Waals surface area contributed by atoms with Gasteiger partial charge in [-0.05, 0) is 24.6 Å². The number of carbonyl (C=O) groups is 1. The Morgan fingerprint density at radius 1 is 1.36 bits per heavy atom. The van der Waals surface area contributed by atoms with Crippen LogP contribution in [-0.4, -0.2) is 50.7 Å². The zero-order chi connectivity index (χ0) is 15.8. The third-order valence-corrected chi connectivity index (χ3v) is 3.52. The largest absolute Gasteiger partial charge is 0.497 e. The van der Waals surface area contributed by atoms with E-state index in [1.165, 1.54) is 0 Å². The van der Waals surface area contributed by atoms with Crippen LogP contribution in [0.1, 0.15) is 18.9 Å². The molecule has 120 valence electrons. The SMILES string of the molecule is CCCOc1cc(OC)ccc1/C=C/C(=O)N1CCNCC1. The molecule has 0 atom stereocenters. The van der Waals surface area contributed by atoms with Crippen LogP contribution in [0.2, 0.25) is 0 Å². The number of nitrogens with zero attached hydrogens (tertiary/aromatic N) is 1. The first-order chi connectivity index (χ1) is 10.7. The predicted octanol–water partition coefficient (Wildman–Crippen LogP) is 1.93. The average Bonchev–Trinajstić information content (AvgIpc) is 2.58. The van der Waals surface area contributed by atoms with E-state index >= 15 is 0 Å². The molecule has 1 aliphatic heterocycles. The number of piperazine rings is 1. The number of rotatable bonds is 6. The molecule has 1 saturated heterocycles. The van der Waals surface area contributed by atoms with Gasteiger partial charge in [-0.25, -0.2) is 0 Å². The fraction of sp³-hybridized carbons (Fsp3) is 0.471. The summed E-state index contributed by atoms with van der Waals surface area (Å²) < 4.78 is 11.0. The molecular weight excluding hydrogens is 280 g/mol. The van der Waals surface area contributed by atoms with Crippen LogP contribution in [0, 0.1) is 0 Å². The van der Waals surface area contributed by atoms with Crippen molar-refractivity contribution in [3.63, 3.8) is 0 Å². The van der Waals surface area contributed by atoms with E-state index in [-0.39, 0.29) is 5.91 Å². The third-order valence-electron chi connectivity index (χ3n) is 3.52. The molecular formula is C17H24N2O3. The first kappa shape index (κ1) is 16.4. The molecule has 5 nitrogen and oxygen atoms in total. The van der Waals surface area contributed by atoms with Gasteiger partial charge in [-0.3, -0.25) is 4.79 Å². The first-order valence-electron chi connectivity index (χ1n) is 7.73. The molecule has 1 N–H and O–H groups in total. The third kappa shape index (κ3) is 4.49. The Balaban J connectivity index is 2.09. The van der Waals surface area contributed by atoms with Crippen LogP contribution in [0.15, 0.2) is 24.3 Å². The van der Waals surface area contributed by atoms with Crippen molar-refractivity contribution < 1.29 is 14.3 Å². The monoisotopic (exact) mass is 304 g/mol. The van der Waals surface area contributed by atoms with Crippen molar-refractivity contribution >= 4 is 12.0 Å². The summed E-state index contributed by atoms with van der Waals surface area (Å²) in [6.07, 6.45) is 4.36. The Morgan fingerprint density at radius 2 is 2.14 bits per heavy atom.